The van der Waals surface area contributed by atoms with Crippen molar-refractivity contribution in [2.24, 2.45) is 4.99 Å². The van der Waals surface area contributed by atoms with Crippen molar-refractivity contribution in [2.45, 2.75) is 6.04 Å². The number of rotatable bonds is 1. The van der Waals surface area contributed by atoms with Gasteiger partial charge in [0.25, 0.3) is 0 Å². The van der Waals surface area contributed by atoms with Gasteiger partial charge in [-0.3, -0.25) is 0 Å². The van der Waals surface area contributed by atoms with Crippen LogP contribution in [-0.4, -0.2) is 11.8 Å². The van der Waals surface area contributed by atoms with Crippen LogP contribution >= 0.6 is 0 Å². The lowest BCUT2D eigenvalue weighted by atomic mass is 10.1. The molecule has 68 valence electrons. The first-order valence-corrected chi connectivity index (χ1v) is 4.53. The van der Waals surface area contributed by atoms with Crippen LogP contribution in [0, 0.1) is 0 Å². The van der Waals surface area contributed by atoms with Crippen LogP contribution in [0.1, 0.15) is 0 Å². The fraction of sp³-hybridized carbons (Fsp3) is 0.0833. The number of nitrogens with zero attached hydrogens (tertiary/aromatic N) is 2. The van der Waals surface area contributed by atoms with Crippen LogP contribution in [0.5, 0.6) is 0 Å². The maximum atomic E-state index is 9.16. The molecule has 2 radical (unpaired) electrons. The fourth-order valence-corrected chi connectivity index (χ4v) is 1.24. The number of benzene rings is 1. The Labute approximate surface area is 83.5 Å². The van der Waals surface area contributed by atoms with Crippen LogP contribution in [0.25, 0.3) is 0 Å². The molecule has 2 rings (SSSR count). The molecule has 0 atom stereocenters. The molecule has 0 saturated heterocycles. The zero-order valence-corrected chi connectivity index (χ0v) is 7.67. The molecule has 0 amide bonds. The average molecular weight is 182 g/mol. The van der Waals surface area contributed by atoms with E-state index in [1.165, 1.54) is 0 Å². The molecule has 0 spiro atoms. The highest BCUT2D eigenvalue weighted by atomic mass is 14.7. The van der Waals surface area contributed by atoms with Crippen LogP contribution in [0.3, 0.4) is 0 Å². The number of aliphatic imine (C=N–C) groups is 1. The monoisotopic (exact) mass is 182 g/mol. The summed E-state index contributed by atoms with van der Waals surface area (Å²) in [5.74, 6) is 0. The molecular weight excluding hydrogens is 172 g/mol. The van der Waals surface area contributed by atoms with Crippen molar-refractivity contribution < 1.29 is 0 Å². The van der Waals surface area contributed by atoms with Gasteiger partial charge in [0.1, 0.15) is 0 Å². The number of allylic oxidation sites excluding steroid dienone is 2. The molecule has 1 aromatic carbocycles. The van der Waals surface area contributed by atoms with Crippen molar-refractivity contribution in [1.82, 2.24) is 5.73 Å². The Morgan fingerprint density at radius 1 is 1.00 bits per heavy atom. The Bertz CT molecular complexity index is 372. The van der Waals surface area contributed by atoms with E-state index in [9.17, 15) is 0 Å². The van der Waals surface area contributed by atoms with E-state index >= 15 is 0 Å². The summed E-state index contributed by atoms with van der Waals surface area (Å²) < 4.78 is 0. The van der Waals surface area contributed by atoms with Crippen molar-refractivity contribution in [1.29, 1.82) is 0 Å². The quantitative estimate of drug-likeness (QED) is 0.639. The predicted molar refractivity (Wildman–Crippen MR) is 57.7 cm³/mol. The Morgan fingerprint density at radius 3 is 2.29 bits per heavy atom. The van der Waals surface area contributed by atoms with Crippen molar-refractivity contribution in [3.63, 3.8) is 0 Å². The molecule has 0 heterocycles. The maximum Gasteiger partial charge on any atom is 0.0802 e. The Balaban J connectivity index is 2.21. The first-order valence-electron chi connectivity index (χ1n) is 4.53. The first-order chi connectivity index (χ1) is 6.84. The average Bonchev–Trinajstić information content (AvgIpc) is 2.23. The van der Waals surface area contributed by atoms with E-state index in [1.54, 1.807) is 12.2 Å². The Kier molecular flexibility index (Phi) is 2.56. The normalized spacial score (nSPS) is 19.8. The molecule has 0 N–H and O–H groups in total. The van der Waals surface area contributed by atoms with E-state index < -0.39 is 6.04 Å². The van der Waals surface area contributed by atoms with E-state index in [0.717, 1.165) is 11.4 Å². The molecule has 2 nitrogen and oxygen atoms in total. The molecule has 14 heavy (non-hydrogen) atoms. The van der Waals surface area contributed by atoms with E-state index in [4.69, 9.17) is 5.73 Å². The predicted octanol–water partition coefficient (Wildman–Crippen LogP) is 2.32. The number of hydrogen-bond donors (Lipinski definition) is 0. The first kappa shape index (κ1) is 8.91. The van der Waals surface area contributed by atoms with Crippen LogP contribution in [0.2, 0.25) is 0 Å². The van der Waals surface area contributed by atoms with Crippen LogP contribution in [0.15, 0.2) is 59.6 Å². The Hall–Kier alpha value is -1.67. The minimum Gasteiger partial charge on any atom is -0.249 e. The third-order valence-corrected chi connectivity index (χ3v) is 1.94. The van der Waals surface area contributed by atoms with Crippen LogP contribution in [0.4, 0.5) is 5.69 Å². The van der Waals surface area contributed by atoms with Gasteiger partial charge in [0.15, 0.2) is 0 Å². The van der Waals surface area contributed by atoms with Crippen LogP contribution in [-0.2, 0) is 0 Å². The summed E-state index contributed by atoms with van der Waals surface area (Å²) in [6.45, 7) is 0. The van der Waals surface area contributed by atoms with Gasteiger partial charge in [0.05, 0.1) is 17.4 Å². The maximum absolute atomic E-state index is 9.16. The van der Waals surface area contributed by atoms with E-state index in [0.29, 0.717) is 0 Å². The summed E-state index contributed by atoms with van der Waals surface area (Å²) in [6, 6.07) is 9.28. The smallest absolute Gasteiger partial charge is 0.0802 e. The van der Waals surface area contributed by atoms with Gasteiger partial charge in [-0.05, 0) is 24.3 Å². The van der Waals surface area contributed by atoms with E-state index in [2.05, 4.69) is 4.99 Å². The minimum absolute atomic E-state index is 0.468. The van der Waals surface area contributed by atoms with Gasteiger partial charge in [0.2, 0.25) is 0 Å². The fourth-order valence-electron chi connectivity index (χ4n) is 1.24. The summed E-state index contributed by atoms with van der Waals surface area (Å²) in [5.41, 5.74) is 11.0. The molecule has 1 aliphatic carbocycles. The number of hydrogen-bond acceptors (Lipinski definition) is 1. The second-order valence-corrected chi connectivity index (χ2v) is 3.08. The lowest BCUT2D eigenvalue weighted by Crippen LogP contribution is -2.06. The van der Waals surface area contributed by atoms with Gasteiger partial charge in [-0.2, -0.15) is 0 Å². The molecule has 0 fully saturated rings. The molecule has 0 saturated carbocycles. The second kappa shape index (κ2) is 4.03. The van der Waals surface area contributed by atoms with Crippen LogP contribution < -0.4 is 5.73 Å². The molecule has 0 unspecified atom stereocenters. The summed E-state index contributed by atoms with van der Waals surface area (Å²) in [7, 11) is 0. The van der Waals surface area contributed by atoms with E-state index in [1.807, 2.05) is 42.5 Å². The highest BCUT2D eigenvalue weighted by Crippen LogP contribution is 2.12. The largest absolute Gasteiger partial charge is 0.249 e. The van der Waals surface area contributed by atoms with E-state index in [-0.39, 0.29) is 0 Å². The summed E-state index contributed by atoms with van der Waals surface area (Å²) in [5, 5.41) is 0. The molecule has 0 bridgehead atoms. The van der Waals surface area contributed by atoms with Crippen molar-refractivity contribution in [3.8, 4) is 0 Å². The molecule has 0 aromatic heterocycles. The third-order valence-electron chi connectivity index (χ3n) is 1.94. The van der Waals surface area contributed by atoms with Gasteiger partial charge in [-0.15, -0.1) is 5.73 Å². The number of para-hydroxylation sites is 1. The summed E-state index contributed by atoms with van der Waals surface area (Å²) in [4.78, 5) is 4.38. The van der Waals surface area contributed by atoms with Gasteiger partial charge in [-0.1, -0.05) is 30.4 Å². The van der Waals surface area contributed by atoms with Gasteiger partial charge in [0, 0.05) is 0 Å². The lowest BCUT2D eigenvalue weighted by molar-refractivity contribution is 0.984. The highest BCUT2D eigenvalue weighted by molar-refractivity contribution is 6.06. The van der Waals surface area contributed by atoms with Gasteiger partial charge in [-0.25, -0.2) is 4.99 Å². The third kappa shape index (κ3) is 2.18. The van der Waals surface area contributed by atoms with Gasteiger partial charge < -0.3 is 0 Å². The van der Waals surface area contributed by atoms with Crippen molar-refractivity contribution in [2.75, 3.05) is 0 Å². The SMILES string of the molecule is [N]C1C=CC(=Nc2ccccc2)C=C1. The van der Waals surface area contributed by atoms with Crippen molar-refractivity contribution in [3.05, 3.63) is 54.6 Å². The van der Waals surface area contributed by atoms with Crippen molar-refractivity contribution >= 4 is 11.4 Å². The molecule has 2 heteroatoms. The zero-order chi connectivity index (χ0) is 9.80. The van der Waals surface area contributed by atoms with Gasteiger partial charge >= 0.3 is 0 Å². The topological polar surface area (TPSA) is 34.7 Å². The highest BCUT2D eigenvalue weighted by Gasteiger charge is 2.00. The minimum atomic E-state index is -0.468. The lowest BCUT2D eigenvalue weighted by Gasteiger charge is -2.03. The second-order valence-electron chi connectivity index (χ2n) is 3.08. The summed E-state index contributed by atoms with van der Waals surface area (Å²) >= 11 is 0. The molecule has 1 aromatic rings. The Morgan fingerprint density at radius 2 is 1.64 bits per heavy atom. The summed E-state index contributed by atoms with van der Waals surface area (Å²) in [6.07, 6.45) is 7.05. The standard InChI is InChI=1S/C12H10N2/c13-10-6-8-12(9-7-10)14-11-4-2-1-3-5-11/h1-10H. The zero-order valence-electron chi connectivity index (χ0n) is 7.67. The molecular formula is C12H10N2. The molecule has 0 aliphatic heterocycles. The molecule has 1 aliphatic rings.